The van der Waals surface area contributed by atoms with Crippen molar-refractivity contribution < 1.29 is 4.74 Å². The highest BCUT2D eigenvalue weighted by Crippen LogP contribution is 2.40. The Bertz CT molecular complexity index is 412. The number of H-pyrrole nitrogens is 1. The number of nitrogens with zero attached hydrogens (tertiary/aromatic N) is 3. The van der Waals surface area contributed by atoms with Crippen LogP contribution in [0.1, 0.15) is 31.4 Å². The van der Waals surface area contributed by atoms with Crippen LogP contribution in [-0.4, -0.2) is 66.4 Å². The molecule has 2 saturated heterocycles. The van der Waals surface area contributed by atoms with Gasteiger partial charge in [0.2, 0.25) is 0 Å². The summed E-state index contributed by atoms with van der Waals surface area (Å²) in [5, 5.41) is 7.15. The lowest BCUT2D eigenvalue weighted by Crippen LogP contribution is -2.49. The van der Waals surface area contributed by atoms with E-state index in [0.29, 0.717) is 5.41 Å². The molecule has 1 spiro atoms. The molecule has 3 rings (SSSR count). The summed E-state index contributed by atoms with van der Waals surface area (Å²) >= 11 is 0. The van der Waals surface area contributed by atoms with E-state index in [1.807, 2.05) is 6.20 Å². The molecule has 3 heterocycles. The van der Waals surface area contributed by atoms with Gasteiger partial charge in [0.05, 0.1) is 6.61 Å². The minimum Gasteiger partial charge on any atom is -0.383 e. The summed E-state index contributed by atoms with van der Waals surface area (Å²) in [5.41, 5.74) is 1.80. The topological polar surface area (TPSA) is 44.4 Å². The van der Waals surface area contributed by atoms with Crippen LogP contribution in [0.5, 0.6) is 0 Å². The number of rotatable bonds is 5. The number of aromatic nitrogens is 2. The van der Waals surface area contributed by atoms with Gasteiger partial charge in [0.15, 0.2) is 0 Å². The Kier molecular flexibility index (Phi) is 4.93. The standard InChI is InChI=1S/C16H28N4O/c1-21-12-11-19-9-5-16(6-10-19)4-2-8-20(14-16)13-15-3-7-17-18-15/h3,7H,2,4-6,8-14H2,1H3,(H,17,18). The van der Waals surface area contributed by atoms with E-state index in [1.54, 1.807) is 7.11 Å². The molecule has 2 fully saturated rings. The van der Waals surface area contributed by atoms with Gasteiger partial charge in [-0.2, -0.15) is 5.10 Å². The number of aromatic amines is 1. The third-order valence-corrected chi connectivity index (χ3v) is 5.22. The van der Waals surface area contributed by atoms with Gasteiger partial charge in [-0.05, 0) is 56.8 Å². The number of methoxy groups -OCH3 is 1. The van der Waals surface area contributed by atoms with Crippen molar-refractivity contribution in [1.82, 2.24) is 20.0 Å². The van der Waals surface area contributed by atoms with Gasteiger partial charge in [-0.1, -0.05) is 0 Å². The molecule has 0 atom stereocenters. The SMILES string of the molecule is COCCN1CCC2(CCCN(Cc3ccn[nH]3)C2)CC1. The normalized spacial score (nSPS) is 23.7. The molecule has 2 aliphatic heterocycles. The maximum absolute atomic E-state index is 5.20. The van der Waals surface area contributed by atoms with Crippen LogP contribution in [0.4, 0.5) is 0 Å². The van der Waals surface area contributed by atoms with E-state index in [0.717, 1.165) is 19.7 Å². The minimum absolute atomic E-state index is 0.557. The minimum atomic E-state index is 0.557. The predicted octanol–water partition coefficient (Wildman–Crippen LogP) is 1.73. The number of ether oxygens (including phenoxy) is 1. The van der Waals surface area contributed by atoms with Crippen molar-refractivity contribution in [3.8, 4) is 0 Å². The van der Waals surface area contributed by atoms with Crippen LogP contribution in [-0.2, 0) is 11.3 Å². The zero-order valence-electron chi connectivity index (χ0n) is 13.2. The number of piperidine rings is 2. The molecule has 118 valence electrons. The summed E-state index contributed by atoms with van der Waals surface area (Å²) in [6, 6.07) is 2.09. The van der Waals surface area contributed by atoms with E-state index in [1.165, 1.54) is 57.6 Å². The maximum atomic E-state index is 5.20. The van der Waals surface area contributed by atoms with Gasteiger partial charge in [0, 0.05) is 38.6 Å². The molecular formula is C16H28N4O. The Balaban J connectivity index is 1.51. The Morgan fingerprint density at radius 2 is 2.10 bits per heavy atom. The van der Waals surface area contributed by atoms with Crippen LogP contribution in [0.25, 0.3) is 0 Å². The Morgan fingerprint density at radius 1 is 1.24 bits per heavy atom. The molecule has 0 amide bonds. The molecule has 1 aromatic rings. The van der Waals surface area contributed by atoms with E-state index in [-0.39, 0.29) is 0 Å². The molecule has 21 heavy (non-hydrogen) atoms. The average molecular weight is 292 g/mol. The zero-order chi connectivity index (χ0) is 14.5. The third kappa shape index (κ3) is 3.84. The molecule has 5 nitrogen and oxygen atoms in total. The fourth-order valence-electron chi connectivity index (χ4n) is 3.94. The van der Waals surface area contributed by atoms with Crippen LogP contribution in [0.15, 0.2) is 12.3 Å². The first-order valence-electron chi connectivity index (χ1n) is 8.22. The molecule has 5 heteroatoms. The van der Waals surface area contributed by atoms with E-state index in [2.05, 4.69) is 26.1 Å². The van der Waals surface area contributed by atoms with Crippen molar-refractivity contribution in [3.63, 3.8) is 0 Å². The summed E-state index contributed by atoms with van der Waals surface area (Å²) in [7, 11) is 1.79. The van der Waals surface area contributed by atoms with Crippen LogP contribution in [0.3, 0.4) is 0 Å². The summed E-state index contributed by atoms with van der Waals surface area (Å²) in [6.07, 6.45) is 7.28. The van der Waals surface area contributed by atoms with Crippen LogP contribution >= 0.6 is 0 Å². The lowest BCUT2D eigenvalue weighted by atomic mass is 9.72. The lowest BCUT2D eigenvalue weighted by molar-refractivity contribution is 0.0140. The van der Waals surface area contributed by atoms with E-state index in [9.17, 15) is 0 Å². The van der Waals surface area contributed by atoms with Crippen molar-refractivity contribution in [1.29, 1.82) is 0 Å². The molecule has 0 aromatic carbocycles. The predicted molar refractivity (Wildman–Crippen MR) is 83.1 cm³/mol. The third-order valence-electron chi connectivity index (χ3n) is 5.22. The van der Waals surface area contributed by atoms with E-state index >= 15 is 0 Å². The number of hydrogen-bond acceptors (Lipinski definition) is 4. The van der Waals surface area contributed by atoms with Crippen molar-refractivity contribution in [3.05, 3.63) is 18.0 Å². The van der Waals surface area contributed by atoms with Gasteiger partial charge in [0.25, 0.3) is 0 Å². The number of hydrogen-bond donors (Lipinski definition) is 1. The lowest BCUT2D eigenvalue weighted by Gasteiger charge is -2.47. The summed E-state index contributed by atoms with van der Waals surface area (Å²) in [6.45, 7) is 7.93. The highest BCUT2D eigenvalue weighted by atomic mass is 16.5. The second kappa shape index (κ2) is 6.90. The van der Waals surface area contributed by atoms with E-state index < -0.39 is 0 Å². The van der Waals surface area contributed by atoms with Crippen LogP contribution in [0.2, 0.25) is 0 Å². The average Bonchev–Trinajstić information content (AvgIpc) is 3.00. The molecule has 2 aliphatic rings. The largest absolute Gasteiger partial charge is 0.383 e. The second-order valence-corrected chi connectivity index (χ2v) is 6.73. The fourth-order valence-corrected chi connectivity index (χ4v) is 3.94. The Hall–Kier alpha value is -0.910. The Morgan fingerprint density at radius 3 is 2.81 bits per heavy atom. The summed E-state index contributed by atoms with van der Waals surface area (Å²) in [5.74, 6) is 0. The first kappa shape index (κ1) is 15.0. The molecular weight excluding hydrogens is 264 g/mol. The van der Waals surface area contributed by atoms with Crippen LogP contribution in [0, 0.1) is 5.41 Å². The highest BCUT2D eigenvalue weighted by Gasteiger charge is 2.38. The number of likely N-dealkylation sites (tertiary alicyclic amines) is 2. The highest BCUT2D eigenvalue weighted by molar-refractivity contribution is 4.99. The molecule has 0 unspecified atom stereocenters. The zero-order valence-corrected chi connectivity index (χ0v) is 13.2. The van der Waals surface area contributed by atoms with Gasteiger partial charge in [-0.15, -0.1) is 0 Å². The summed E-state index contributed by atoms with van der Waals surface area (Å²) < 4.78 is 5.20. The molecule has 1 N–H and O–H groups in total. The maximum Gasteiger partial charge on any atom is 0.0589 e. The van der Waals surface area contributed by atoms with Gasteiger partial charge < -0.3 is 9.64 Å². The molecule has 0 saturated carbocycles. The molecule has 0 radical (unpaired) electrons. The molecule has 1 aromatic heterocycles. The smallest absolute Gasteiger partial charge is 0.0589 e. The second-order valence-electron chi connectivity index (χ2n) is 6.73. The fraction of sp³-hybridized carbons (Fsp3) is 0.812. The van der Waals surface area contributed by atoms with Crippen molar-refractivity contribution in [2.75, 3.05) is 46.4 Å². The van der Waals surface area contributed by atoms with Crippen molar-refractivity contribution in [2.45, 2.75) is 32.2 Å². The van der Waals surface area contributed by atoms with Crippen LogP contribution < -0.4 is 0 Å². The Labute approximate surface area is 127 Å². The molecule has 0 aliphatic carbocycles. The van der Waals surface area contributed by atoms with Crippen molar-refractivity contribution >= 4 is 0 Å². The number of nitrogens with one attached hydrogen (secondary N) is 1. The molecule has 0 bridgehead atoms. The van der Waals surface area contributed by atoms with Gasteiger partial charge >= 0.3 is 0 Å². The van der Waals surface area contributed by atoms with E-state index in [4.69, 9.17) is 4.74 Å². The quantitative estimate of drug-likeness (QED) is 0.898. The van der Waals surface area contributed by atoms with Gasteiger partial charge in [-0.3, -0.25) is 10.00 Å². The first-order valence-corrected chi connectivity index (χ1v) is 8.22. The van der Waals surface area contributed by atoms with Crippen molar-refractivity contribution in [2.24, 2.45) is 5.41 Å². The first-order chi connectivity index (χ1) is 10.3. The summed E-state index contributed by atoms with van der Waals surface area (Å²) in [4.78, 5) is 5.17. The van der Waals surface area contributed by atoms with Gasteiger partial charge in [0.1, 0.15) is 0 Å². The van der Waals surface area contributed by atoms with Gasteiger partial charge in [-0.25, -0.2) is 0 Å². The monoisotopic (exact) mass is 292 g/mol.